The van der Waals surface area contributed by atoms with Crippen LogP contribution in [0.2, 0.25) is 0 Å². The lowest BCUT2D eigenvalue weighted by atomic mass is 10.0. The quantitative estimate of drug-likeness (QED) is 0.493. The second kappa shape index (κ2) is 8.94. The molecule has 4 rings (SSSR count). The number of aryl methyl sites for hydroxylation is 1. The summed E-state index contributed by atoms with van der Waals surface area (Å²) in [6, 6.07) is 20.9. The van der Waals surface area contributed by atoms with Crippen molar-refractivity contribution >= 4 is 23.1 Å². The zero-order valence-corrected chi connectivity index (χ0v) is 17.8. The zero-order valence-electron chi connectivity index (χ0n) is 17.8. The lowest BCUT2D eigenvalue weighted by molar-refractivity contribution is -0.137. The van der Waals surface area contributed by atoms with Crippen LogP contribution in [0.5, 0.6) is 0 Å². The smallest absolute Gasteiger partial charge is 0.350 e. The fraction of sp³-hybridized carbons (Fsp3) is 0.154. The van der Waals surface area contributed by atoms with Gasteiger partial charge in [-0.15, -0.1) is 0 Å². The van der Waals surface area contributed by atoms with Gasteiger partial charge >= 0.3 is 6.18 Å². The molecule has 1 aliphatic heterocycles. The standard InChI is InChI=1S/C26H21F3N2O2/c1-2-17-11-13-21(14-12-17)30-23-22(19-8-4-3-5-9-19)24(32)31(25(23)33)16-18-7-6-10-20(15-18)26(27,28)29/h3-15,30H,2,16H2,1H3. The van der Waals surface area contributed by atoms with Gasteiger partial charge in [-0.05, 0) is 47.4 Å². The van der Waals surface area contributed by atoms with Crippen molar-refractivity contribution in [1.82, 2.24) is 4.90 Å². The summed E-state index contributed by atoms with van der Waals surface area (Å²) in [6.45, 7) is 1.77. The van der Waals surface area contributed by atoms with Gasteiger partial charge in [0, 0.05) is 5.69 Å². The van der Waals surface area contributed by atoms with Gasteiger partial charge in [-0.2, -0.15) is 13.2 Å². The molecule has 7 heteroatoms. The van der Waals surface area contributed by atoms with Gasteiger partial charge in [-0.1, -0.05) is 61.5 Å². The second-order valence-electron chi connectivity index (χ2n) is 7.69. The molecule has 4 nitrogen and oxygen atoms in total. The molecular formula is C26H21F3N2O2. The average molecular weight is 450 g/mol. The third kappa shape index (κ3) is 4.67. The third-order valence-electron chi connectivity index (χ3n) is 5.46. The van der Waals surface area contributed by atoms with Crippen LogP contribution in [-0.4, -0.2) is 16.7 Å². The average Bonchev–Trinajstić information content (AvgIpc) is 3.04. The van der Waals surface area contributed by atoms with Gasteiger partial charge in [0.1, 0.15) is 5.70 Å². The number of hydrogen-bond acceptors (Lipinski definition) is 3. The summed E-state index contributed by atoms with van der Waals surface area (Å²) in [6.07, 6.45) is -3.65. The minimum absolute atomic E-state index is 0.0995. The van der Waals surface area contributed by atoms with Crippen molar-refractivity contribution in [3.05, 3.63) is 107 Å². The molecule has 0 aliphatic carbocycles. The Morgan fingerprint density at radius 1 is 0.818 bits per heavy atom. The topological polar surface area (TPSA) is 49.4 Å². The third-order valence-corrected chi connectivity index (χ3v) is 5.46. The Bertz CT molecular complexity index is 1220. The Hall–Kier alpha value is -3.87. The molecule has 1 N–H and O–H groups in total. The van der Waals surface area contributed by atoms with E-state index < -0.39 is 23.6 Å². The summed E-state index contributed by atoms with van der Waals surface area (Å²) in [4.78, 5) is 27.5. The normalized spacial score (nSPS) is 14.2. The number of anilines is 1. The molecule has 0 saturated carbocycles. The lowest BCUT2D eigenvalue weighted by Crippen LogP contribution is -2.32. The number of nitrogens with one attached hydrogen (secondary N) is 1. The number of amides is 2. The SMILES string of the molecule is CCc1ccc(NC2=C(c3ccccc3)C(=O)N(Cc3cccc(C(F)(F)F)c3)C2=O)cc1. The summed E-state index contributed by atoms with van der Waals surface area (Å²) in [5.41, 5.74) is 1.98. The van der Waals surface area contributed by atoms with E-state index in [4.69, 9.17) is 0 Å². The number of carbonyl (C=O) groups is 2. The van der Waals surface area contributed by atoms with Gasteiger partial charge in [0.05, 0.1) is 17.7 Å². The highest BCUT2D eigenvalue weighted by Crippen LogP contribution is 2.33. The highest BCUT2D eigenvalue weighted by Gasteiger charge is 2.39. The second-order valence-corrected chi connectivity index (χ2v) is 7.69. The molecule has 2 amide bonds. The number of nitrogens with zero attached hydrogens (tertiary/aromatic N) is 1. The molecule has 0 bridgehead atoms. The molecule has 0 spiro atoms. The van der Waals surface area contributed by atoms with E-state index in [1.165, 1.54) is 12.1 Å². The highest BCUT2D eigenvalue weighted by atomic mass is 19.4. The molecule has 0 aromatic heterocycles. The van der Waals surface area contributed by atoms with Gasteiger partial charge in [0.25, 0.3) is 11.8 Å². The first-order chi connectivity index (χ1) is 15.8. The Morgan fingerprint density at radius 3 is 2.15 bits per heavy atom. The summed E-state index contributed by atoms with van der Waals surface area (Å²) in [5.74, 6) is -1.15. The van der Waals surface area contributed by atoms with Crippen LogP contribution in [-0.2, 0) is 28.7 Å². The number of benzene rings is 3. The molecule has 0 saturated heterocycles. The number of rotatable bonds is 6. The van der Waals surface area contributed by atoms with Crippen molar-refractivity contribution in [3.8, 4) is 0 Å². The lowest BCUT2D eigenvalue weighted by Gasteiger charge is -2.16. The van der Waals surface area contributed by atoms with E-state index in [1.807, 2.05) is 31.2 Å². The van der Waals surface area contributed by atoms with Crippen molar-refractivity contribution in [2.75, 3.05) is 5.32 Å². The maximum Gasteiger partial charge on any atom is 0.416 e. The van der Waals surface area contributed by atoms with Crippen molar-refractivity contribution in [2.24, 2.45) is 0 Å². The van der Waals surface area contributed by atoms with Crippen LogP contribution in [0, 0.1) is 0 Å². The van der Waals surface area contributed by atoms with Crippen molar-refractivity contribution in [3.63, 3.8) is 0 Å². The molecule has 0 fully saturated rings. The summed E-state index contributed by atoms with van der Waals surface area (Å²) in [7, 11) is 0. The minimum atomic E-state index is -4.51. The molecule has 0 atom stereocenters. The fourth-order valence-corrected chi connectivity index (χ4v) is 3.70. The van der Waals surface area contributed by atoms with Crippen LogP contribution >= 0.6 is 0 Å². The first-order valence-corrected chi connectivity index (χ1v) is 10.5. The Labute approximate surface area is 189 Å². The molecule has 1 aliphatic rings. The number of imide groups is 1. The highest BCUT2D eigenvalue weighted by molar-refractivity contribution is 6.36. The first-order valence-electron chi connectivity index (χ1n) is 10.5. The van der Waals surface area contributed by atoms with E-state index in [0.717, 1.165) is 29.0 Å². The molecule has 3 aromatic carbocycles. The van der Waals surface area contributed by atoms with E-state index in [1.54, 1.807) is 30.3 Å². The van der Waals surface area contributed by atoms with Gasteiger partial charge < -0.3 is 5.32 Å². The largest absolute Gasteiger partial charge is 0.416 e. The van der Waals surface area contributed by atoms with Crippen molar-refractivity contribution in [1.29, 1.82) is 0 Å². The summed E-state index contributed by atoms with van der Waals surface area (Å²) >= 11 is 0. The van der Waals surface area contributed by atoms with Crippen LogP contribution in [0.25, 0.3) is 5.57 Å². The van der Waals surface area contributed by atoms with E-state index in [9.17, 15) is 22.8 Å². The molecule has 168 valence electrons. The fourth-order valence-electron chi connectivity index (χ4n) is 3.70. The maximum absolute atomic E-state index is 13.3. The maximum atomic E-state index is 13.3. The monoisotopic (exact) mass is 450 g/mol. The number of hydrogen-bond donors (Lipinski definition) is 1. The molecular weight excluding hydrogens is 429 g/mol. The zero-order chi connectivity index (χ0) is 23.6. The molecule has 3 aromatic rings. The molecule has 1 heterocycles. The van der Waals surface area contributed by atoms with Gasteiger partial charge in [0.15, 0.2) is 0 Å². The van der Waals surface area contributed by atoms with E-state index >= 15 is 0 Å². The molecule has 33 heavy (non-hydrogen) atoms. The van der Waals surface area contributed by atoms with Crippen LogP contribution in [0.15, 0.2) is 84.6 Å². The van der Waals surface area contributed by atoms with Crippen molar-refractivity contribution < 1.29 is 22.8 Å². The van der Waals surface area contributed by atoms with Crippen LogP contribution in [0.4, 0.5) is 18.9 Å². The number of halogens is 3. The van der Waals surface area contributed by atoms with Gasteiger partial charge in [-0.25, -0.2) is 0 Å². The molecule has 0 unspecified atom stereocenters. The van der Waals surface area contributed by atoms with Crippen LogP contribution < -0.4 is 5.32 Å². The van der Waals surface area contributed by atoms with Gasteiger partial charge in [-0.3, -0.25) is 14.5 Å². The minimum Gasteiger partial charge on any atom is -0.350 e. The number of carbonyl (C=O) groups excluding carboxylic acids is 2. The van der Waals surface area contributed by atoms with Gasteiger partial charge in [0.2, 0.25) is 0 Å². The number of alkyl halides is 3. The predicted molar refractivity (Wildman–Crippen MR) is 120 cm³/mol. The summed E-state index contributed by atoms with van der Waals surface area (Å²) < 4.78 is 39.3. The Kier molecular flexibility index (Phi) is 6.05. The summed E-state index contributed by atoms with van der Waals surface area (Å²) in [5, 5.41) is 3.06. The van der Waals surface area contributed by atoms with Crippen LogP contribution in [0.1, 0.15) is 29.2 Å². The van der Waals surface area contributed by atoms with Crippen LogP contribution in [0.3, 0.4) is 0 Å². The van der Waals surface area contributed by atoms with E-state index in [-0.39, 0.29) is 23.4 Å². The Morgan fingerprint density at radius 2 is 1.52 bits per heavy atom. The Balaban J connectivity index is 1.69. The first kappa shape index (κ1) is 22.3. The molecule has 0 radical (unpaired) electrons. The van der Waals surface area contributed by atoms with E-state index in [0.29, 0.717) is 11.3 Å². The van der Waals surface area contributed by atoms with E-state index in [2.05, 4.69) is 5.32 Å². The van der Waals surface area contributed by atoms with Crippen molar-refractivity contribution in [2.45, 2.75) is 26.1 Å². The predicted octanol–water partition coefficient (Wildman–Crippen LogP) is 5.66.